The van der Waals surface area contributed by atoms with E-state index >= 15 is 0 Å². The lowest BCUT2D eigenvalue weighted by atomic mass is 10.1. The van der Waals surface area contributed by atoms with Crippen LogP contribution in [0.15, 0.2) is 18.6 Å². The lowest BCUT2D eigenvalue weighted by molar-refractivity contribution is -0.150. The molecule has 12 nitrogen and oxygen atoms in total. The number of carbonyl (C=O) groups is 2. The van der Waals surface area contributed by atoms with Crippen molar-refractivity contribution in [1.82, 2.24) is 24.7 Å². The Bertz CT molecular complexity index is 1170. The second kappa shape index (κ2) is 14.6. The van der Waals surface area contributed by atoms with Crippen molar-refractivity contribution in [2.45, 2.75) is 98.9 Å². The van der Waals surface area contributed by atoms with E-state index in [2.05, 4.69) is 20.1 Å². The summed E-state index contributed by atoms with van der Waals surface area (Å²) in [5.74, 6) is -0.384. The molecular formula is C28H49N6O6P. The third-order valence-electron chi connectivity index (χ3n) is 6.33. The van der Waals surface area contributed by atoms with E-state index in [1.54, 1.807) is 50.9 Å². The van der Waals surface area contributed by atoms with Crippen molar-refractivity contribution in [2.75, 3.05) is 25.3 Å². The van der Waals surface area contributed by atoms with Crippen LogP contribution in [0.25, 0.3) is 11.2 Å². The van der Waals surface area contributed by atoms with Crippen molar-refractivity contribution in [3.8, 4) is 0 Å². The fraction of sp³-hybridized carbons (Fsp3) is 0.714. The monoisotopic (exact) mass is 596 g/mol. The van der Waals surface area contributed by atoms with Crippen LogP contribution in [-0.4, -0.2) is 63.2 Å². The topological polar surface area (TPSA) is 160 Å². The van der Waals surface area contributed by atoms with E-state index in [1.807, 2.05) is 34.6 Å². The van der Waals surface area contributed by atoms with Crippen LogP contribution in [0, 0.1) is 11.8 Å². The number of hydrogen-bond donors (Lipinski definition) is 3. The number of esters is 2. The number of nitrogens with one attached hydrogen (secondary N) is 2. The molecule has 0 amide bonds. The fourth-order valence-corrected chi connectivity index (χ4v) is 6.54. The molecule has 0 saturated carbocycles. The molecule has 2 aromatic heterocycles. The summed E-state index contributed by atoms with van der Waals surface area (Å²) in [5, 5.41) is 5.87. The molecule has 0 fully saturated rings. The zero-order valence-corrected chi connectivity index (χ0v) is 26.9. The standard InChI is InChI=1S/C28H49N6O6P/c1-19(2)11-14-38-25(35)27(6,7)32-41(37,33-28(8,9)26(36)39-15-12-20(3)4)18-40-21(5)16-34-17-31-23-22(29)10-13-30-24(23)34/h10,13,17,19-21H,11-12,14-16,18H2,1-9H3,(H2,29,30)(H2,32,33,37)/t21-/m1/s1. The molecule has 0 unspecified atom stereocenters. The van der Waals surface area contributed by atoms with Crippen molar-refractivity contribution in [2.24, 2.45) is 11.8 Å². The summed E-state index contributed by atoms with van der Waals surface area (Å²) >= 11 is 0. The number of rotatable bonds is 17. The molecule has 0 aliphatic rings. The number of nitrogens with zero attached hydrogens (tertiary/aromatic N) is 3. The average Bonchev–Trinajstić information content (AvgIpc) is 3.25. The van der Waals surface area contributed by atoms with Crippen LogP contribution in [-0.2, 0) is 34.9 Å². The quantitative estimate of drug-likeness (QED) is 0.174. The van der Waals surface area contributed by atoms with Crippen molar-refractivity contribution in [3.05, 3.63) is 18.6 Å². The molecule has 0 radical (unpaired) electrons. The Hall–Kier alpha value is -2.53. The fourth-order valence-electron chi connectivity index (χ4n) is 3.90. The maximum absolute atomic E-state index is 14.4. The predicted molar refractivity (Wildman–Crippen MR) is 160 cm³/mol. The van der Waals surface area contributed by atoms with Gasteiger partial charge in [-0.15, -0.1) is 0 Å². The Morgan fingerprint density at radius 1 is 0.951 bits per heavy atom. The summed E-state index contributed by atoms with van der Waals surface area (Å²) in [4.78, 5) is 34.6. The third-order valence-corrected chi connectivity index (χ3v) is 8.68. The second-order valence-electron chi connectivity index (χ2n) is 12.4. The minimum absolute atomic E-state index is 0.248. The van der Waals surface area contributed by atoms with E-state index in [0.717, 1.165) is 0 Å². The van der Waals surface area contributed by atoms with Gasteiger partial charge in [0.25, 0.3) is 0 Å². The summed E-state index contributed by atoms with van der Waals surface area (Å²) < 4.78 is 33.1. The first-order chi connectivity index (χ1) is 19.0. The van der Waals surface area contributed by atoms with Gasteiger partial charge in [-0.05, 0) is 65.4 Å². The lowest BCUT2D eigenvalue weighted by Gasteiger charge is -2.35. The van der Waals surface area contributed by atoms with Gasteiger partial charge in [-0.3, -0.25) is 14.2 Å². The smallest absolute Gasteiger partial charge is 0.326 e. The van der Waals surface area contributed by atoms with Gasteiger partial charge in [0, 0.05) is 6.20 Å². The first kappa shape index (κ1) is 34.7. The van der Waals surface area contributed by atoms with E-state index in [4.69, 9.17) is 19.9 Å². The first-order valence-corrected chi connectivity index (χ1v) is 16.0. The van der Waals surface area contributed by atoms with Crippen molar-refractivity contribution >= 4 is 36.2 Å². The summed E-state index contributed by atoms with van der Waals surface area (Å²) in [6.45, 7) is 17.2. The van der Waals surface area contributed by atoms with Gasteiger partial charge in [-0.2, -0.15) is 0 Å². The molecule has 0 aliphatic carbocycles. The number of nitrogen functional groups attached to an aromatic ring is 1. The van der Waals surface area contributed by atoms with E-state index in [9.17, 15) is 14.2 Å². The molecule has 0 spiro atoms. The normalized spacial score (nSPS) is 13.6. The summed E-state index contributed by atoms with van der Waals surface area (Å²) in [5.41, 5.74) is 5.03. The van der Waals surface area contributed by atoms with Crippen LogP contribution >= 0.6 is 7.44 Å². The SMILES string of the molecule is CC(C)CCOC(=O)C(C)(C)NP(=O)(CO[C@H](C)Cn1cnc2c(N)ccnc21)NC(C)(C)C(=O)OCCC(C)C. The molecule has 2 aromatic rings. The molecule has 2 rings (SSSR count). The Morgan fingerprint density at radius 2 is 1.46 bits per heavy atom. The molecule has 41 heavy (non-hydrogen) atoms. The van der Waals surface area contributed by atoms with E-state index in [0.29, 0.717) is 48.1 Å². The maximum atomic E-state index is 14.4. The van der Waals surface area contributed by atoms with Gasteiger partial charge in [0.15, 0.2) is 5.65 Å². The number of ether oxygens (including phenoxy) is 3. The molecule has 4 N–H and O–H groups in total. The highest BCUT2D eigenvalue weighted by atomic mass is 31.2. The zero-order chi connectivity index (χ0) is 31.0. The van der Waals surface area contributed by atoms with Crippen molar-refractivity contribution < 1.29 is 28.4 Å². The molecule has 232 valence electrons. The number of aromatic nitrogens is 3. The molecule has 0 bridgehead atoms. The highest BCUT2D eigenvalue weighted by Gasteiger charge is 2.43. The molecule has 13 heteroatoms. The van der Waals surface area contributed by atoms with Crippen LogP contribution in [0.5, 0.6) is 0 Å². The van der Waals surface area contributed by atoms with E-state index in [-0.39, 0.29) is 19.6 Å². The Labute approximate surface area is 244 Å². The third kappa shape index (κ3) is 10.7. The predicted octanol–water partition coefficient (Wildman–Crippen LogP) is 4.48. The number of anilines is 1. The molecule has 0 aromatic carbocycles. The Kier molecular flexibility index (Phi) is 12.3. The van der Waals surface area contributed by atoms with Gasteiger partial charge in [0.2, 0.25) is 7.44 Å². The first-order valence-electron chi connectivity index (χ1n) is 14.1. The largest absolute Gasteiger partial charge is 0.464 e. The minimum atomic E-state index is -3.76. The molecular weight excluding hydrogens is 547 g/mol. The van der Waals surface area contributed by atoms with Crippen molar-refractivity contribution in [3.63, 3.8) is 0 Å². The second-order valence-corrected chi connectivity index (χ2v) is 14.6. The number of imidazole rings is 1. The van der Waals surface area contributed by atoms with Crippen LogP contribution < -0.4 is 15.9 Å². The van der Waals surface area contributed by atoms with Gasteiger partial charge in [0.05, 0.1) is 37.9 Å². The molecule has 2 heterocycles. The number of fused-ring (bicyclic) bond motifs is 1. The van der Waals surface area contributed by atoms with Crippen LogP contribution in [0.3, 0.4) is 0 Å². The van der Waals surface area contributed by atoms with Gasteiger partial charge in [-0.1, -0.05) is 27.7 Å². The molecule has 1 atom stereocenters. The summed E-state index contributed by atoms with van der Waals surface area (Å²) in [6.07, 6.45) is 3.88. The maximum Gasteiger partial charge on any atom is 0.326 e. The van der Waals surface area contributed by atoms with E-state index in [1.165, 1.54) is 0 Å². The molecule has 0 saturated heterocycles. The highest BCUT2D eigenvalue weighted by molar-refractivity contribution is 7.59. The van der Waals surface area contributed by atoms with Gasteiger partial charge in [0.1, 0.15) is 22.9 Å². The lowest BCUT2D eigenvalue weighted by Crippen LogP contribution is -2.54. The number of carbonyl (C=O) groups excluding carboxylic acids is 2. The zero-order valence-electron chi connectivity index (χ0n) is 26.0. The van der Waals surface area contributed by atoms with Crippen LogP contribution in [0.2, 0.25) is 0 Å². The highest BCUT2D eigenvalue weighted by Crippen LogP contribution is 2.42. The van der Waals surface area contributed by atoms with Crippen molar-refractivity contribution in [1.29, 1.82) is 0 Å². The number of nitrogens with two attached hydrogens (primary N) is 1. The number of hydrogen-bond acceptors (Lipinski definition) is 9. The molecule has 0 aliphatic heterocycles. The van der Waals surface area contributed by atoms with Crippen LogP contribution in [0.4, 0.5) is 5.69 Å². The van der Waals surface area contributed by atoms with Gasteiger partial charge < -0.3 is 24.5 Å². The summed E-state index contributed by atoms with van der Waals surface area (Å²) in [7, 11) is -3.76. The van der Waals surface area contributed by atoms with Crippen LogP contribution in [0.1, 0.15) is 75.2 Å². The number of pyridine rings is 1. The Balaban J connectivity index is 2.20. The van der Waals surface area contributed by atoms with Gasteiger partial charge >= 0.3 is 11.9 Å². The van der Waals surface area contributed by atoms with Gasteiger partial charge in [-0.25, -0.2) is 20.1 Å². The minimum Gasteiger partial charge on any atom is -0.464 e. The van der Waals surface area contributed by atoms with E-state index < -0.39 is 36.6 Å². The average molecular weight is 597 g/mol. The Morgan fingerprint density at radius 3 is 1.95 bits per heavy atom. The summed E-state index contributed by atoms with van der Waals surface area (Å²) in [6, 6.07) is 1.68.